The van der Waals surface area contributed by atoms with Crippen molar-refractivity contribution in [3.8, 4) is 11.1 Å². The van der Waals surface area contributed by atoms with Crippen molar-refractivity contribution >= 4 is 22.5 Å². The van der Waals surface area contributed by atoms with E-state index in [2.05, 4.69) is 9.98 Å². The lowest BCUT2D eigenvalue weighted by Gasteiger charge is -2.02. The van der Waals surface area contributed by atoms with Crippen LogP contribution in [0.4, 0.5) is 14.5 Å². The lowest BCUT2D eigenvalue weighted by molar-refractivity contribution is 0.509. The summed E-state index contributed by atoms with van der Waals surface area (Å²) in [5, 5.41) is 0. The standard InChI is InChI=1S/C21H12F2N2O/c22-15-7-5-12(9-16(15)23)13-6-8-18-20(11-13)26-21(25-18)19-10-14-3-1-2-4-17(14)24-19/h1-9,11H,10H2. The van der Waals surface area contributed by atoms with Crippen molar-refractivity contribution in [3.05, 3.63) is 83.8 Å². The van der Waals surface area contributed by atoms with Gasteiger partial charge in [-0.15, -0.1) is 0 Å². The number of aliphatic imine (C=N–C) groups is 1. The van der Waals surface area contributed by atoms with Crippen molar-refractivity contribution in [2.24, 2.45) is 4.99 Å². The Balaban J connectivity index is 1.54. The topological polar surface area (TPSA) is 38.4 Å². The highest BCUT2D eigenvalue weighted by molar-refractivity contribution is 6.04. The van der Waals surface area contributed by atoms with E-state index in [1.54, 1.807) is 6.07 Å². The molecule has 0 radical (unpaired) electrons. The van der Waals surface area contributed by atoms with Crippen LogP contribution in [0.5, 0.6) is 0 Å². The molecule has 2 heterocycles. The molecule has 26 heavy (non-hydrogen) atoms. The van der Waals surface area contributed by atoms with Crippen LogP contribution in [0.1, 0.15) is 11.5 Å². The first-order chi connectivity index (χ1) is 12.7. The van der Waals surface area contributed by atoms with Gasteiger partial charge >= 0.3 is 0 Å². The summed E-state index contributed by atoms with van der Waals surface area (Å²) in [5.41, 5.74) is 5.47. The van der Waals surface area contributed by atoms with Gasteiger partial charge in [0, 0.05) is 6.42 Å². The van der Waals surface area contributed by atoms with Crippen molar-refractivity contribution in [3.63, 3.8) is 0 Å². The van der Waals surface area contributed by atoms with Crippen molar-refractivity contribution < 1.29 is 13.2 Å². The molecule has 0 fully saturated rings. The number of nitrogens with zero attached hydrogens (tertiary/aromatic N) is 2. The van der Waals surface area contributed by atoms with Crippen molar-refractivity contribution in [1.82, 2.24) is 4.98 Å². The van der Waals surface area contributed by atoms with Crippen LogP contribution < -0.4 is 0 Å². The van der Waals surface area contributed by atoms with Gasteiger partial charge in [-0.3, -0.25) is 0 Å². The van der Waals surface area contributed by atoms with Crippen LogP contribution in [0.15, 0.2) is 70.1 Å². The molecule has 0 spiro atoms. The molecule has 0 atom stereocenters. The average molecular weight is 346 g/mol. The maximum atomic E-state index is 13.5. The number of benzene rings is 3. The first-order valence-corrected chi connectivity index (χ1v) is 8.19. The van der Waals surface area contributed by atoms with Crippen LogP contribution in [0.3, 0.4) is 0 Å². The molecule has 0 saturated heterocycles. The molecule has 5 heteroatoms. The van der Waals surface area contributed by atoms with Crippen LogP contribution in [0.25, 0.3) is 22.2 Å². The smallest absolute Gasteiger partial charge is 0.242 e. The zero-order chi connectivity index (χ0) is 17.7. The quantitative estimate of drug-likeness (QED) is 0.484. The molecule has 1 aliphatic heterocycles. The number of fused-ring (bicyclic) bond motifs is 2. The number of aromatic nitrogens is 1. The van der Waals surface area contributed by atoms with Gasteiger partial charge in [0.2, 0.25) is 5.89 Å². The Kier molecular flexibility index (Phi) is 3.22. The number of halogens is 2. The molecule has 3 aromatic carbocycles. The summed E-state index contributed by atoms with van der Waals surface area (Å²) in [4.78, 5) is 9.10. The summed E-state index contributed by atoms with van der Waals surface area (Å²) in [6.45, 7) is 0. The summed E-state index contributed by atoms with van der Waals surface area (Å²) in [6.07, 6.45) is 0.680. The van der Waals surface area contributed by atoms with Gasteiger partial charge in [-0.1, -0.05) is 30.3 Å². The highest BCUT2D eigenvalue weighted by Crippen LogP contribution is 2.30. The van der Waals surface area contributed by atoms with E-state index in [4.69, 9.17) is 4.42 Å². The van der Waals surface area contributed by atoms with Crippen molar-refractivity contribution in [2.75, 3.05) is 0 Å². The summed E-state index contributed by atoms with van der Waals surface area (Å²) in [7, 11) is 0. The minimum atomic E-state index is -0.876. The van der Waals surface area contributed by atoms with Gasteiger partial charge in [0.15, 0.2) is 17.2 Å². The Morgan fingerprint density at radius 3 is 2.50 bits per heavy atom. The van der Waals surface area contributed by atoms with E-state index >= 15 is 0 Å². The van der Waals surface area contributed by atoms with Crippen molar-refractivity contribution in [1.29, 1.82) is 0 Å². The van der Waals surface area contributed by atoms with E-state index in [1.807, 2.05) is 36.4 Å². The Morgan fingerprint density at radius 2 is 1.65 bits per heavy atom. The number of para-hydroxylation sites is 1. The summed E-state index contributed by atoms with van der Waals surface area (Å²) < 4.78 is 32.5. The Bertz CT molecular complexity index is 1190. The molecule has 0 N–H and O–H groups in total. The number of hydrogen-bond donors (Lipinski definition) is 0. The number of rotatable bonds is 2. The summed E-state index contributed by atoms with van der Waals surface area (Å²) in [5.74, 6) is -1.26. The zero-order valence-corrected chi connectivity index (χ0v) is 13.5. The highest BCUT2D eigenvalue weighted by Gasteiger charge is 2.20. The molecular formula is C21H12F2N2O. The Hall–Kier alpha value is -3.34. The number of hydrogen-bond acceptors (Lipinski definition) is 3. The van der Waals surface area contributed by atoms with Gasteiger partial charge < -0.3 is 4.42 Å². The van der Waals surface area contributed by atoms with E-state index in [0.717, 1.165) is 28.6 Å². The molecule has 1 aromatic heterocycles. The lowest BCUT2D eigenvalue weighted by Crippen LogP contribution is -2.00. The van der Waals surface area contributed by atoms with Crippen LogP contribution in [-0.2, 0) is 6.42 Å². The average Bonchev–Trinajstić information content (AvgIpc) is 3.26. The van der Waals surface area contributed by atoms with Gasteiger partial charge in [0.25, 0.3) is 0 Å². The Labute approximate surface area is 147 Å². The fraction of sp³-hybridized carbons (Fsp3) is 0.0476. The predicted molar refractivity (Wildman–Crippen MR) is 95.7 cm³/mol. The second kappa shape index (κ2) is 5.59. The second-order valence-corrected chi connectivity index (χ2v) is 6.19. The van der Waals surface area contributed by atoms with E-state index in [9.17, 15) is 8.78 Å². The third-order valence-electron chi connectivity index (χ3n) is 4.49. The van der Waals surface area contributed by atoms with Crippen LogP contribution in [-0.4, -0.2) is 10.7 Å². The van der Waals surface area contributed by atoms with E-state index in [-0.39, 0.29) is 0 Å². The van der Waals surface area contributed by atoms with E-state index in [1.165, 1.54) is 12.1 Å². The maximum Gasteiger partial charge on any atom is 0.242 e. The largest absolute Gasteiger partial charge is 0.435 e. The fourth-order valence-corrected chi connectivity index (χ4v) is 3.16. The fourth-order valence-electron chi connectivity index (χ4n) is 3.16. The summed E-state index contributed by atoms with van der Waals surface area (Å²) >= 11 is 0. The molecule has 5 rings (SSSR count). The summed E-state index contributed by atoms with van der Waals surface area (Å²) in [6, 6.07) is 17.2. The van der Waals surface area contributed by atoms with E-state index < -0.39 is 11.6 Å². The van der Waals surface area contributed by atoms with Gasteiger partial charge in [-0.25, -0.2) is 18.8 Å². The first-order valence-electron chi connectivity index (χ1n) is 8.19. The SMILES string of the molecule is Fc1ccc(-c2ccc3nc(C4=Nc5ccccc5C4)oc3c2)cc1F. The molecule has 1 aliphatic rings. The molecule has 3 nitrogen and oxygen atoms in total. The zero-order valence-electron chi connectivity index (χ0n) is 13.5. The predicted octanol–water partition coefficient (Wildman–Crippen LogP) is 5.45. The second-order valence-electron chi connectivity index (χ2n) is 6.19. The monoisotopic (exact) mass is 346 g/mol. The van der Waals surface area contributed by atoms with Gasteiger partial charge in [0.1, 0.15) is 11.2 Å². The molecular weight excluding hydrogens is 334 g/mol. The molecule has 0 bridgehead atoms. The van der Waals surface area contributed by atoms with Crippen LogP contribution >= 0.6 is 0 Å². The molecule has 0 unspecified atom stereocenters. The Morgan fingerprint density at radius 1 is 0.846 bits per heavy atom. The molecule has 0 saturated carbocycles. The molecule has 126 valence electrons. The number of oxazole rings is 1. The van der Waals surface area contributed by atoms with Gasteiger partial charge in [-0.05, 0) is 47.0 Å². The van der Waals surface area contributed by atoms with Crippen LogP contribution in [0.2, 0.25) is 0 Å². The normalized spacial score (nSPS) is 13.1. The minimum Gasteiger partial charge on any atom is -0.435 e. The third kappa shape index (κ3) is 2.40. The van der Waals surface area contributed by atoms with Gasteiger partial charge in [-0.2, -0.15) is 0 Å². The maximum absolute atomic E-state index is 13.5. The molecule has 0 amide bonds. The van der Waals surface area contributed by atoms with E-state index in [0.29, 0.717) is 29.0 Å². The van der Waals surface area contributed by atoms with Crippen LogP contribution in [0, 0.1) is 11.6 Å². The van der Waals surface area contributed by atoms with Gasteiger partial charge in [0.05, 0.1) is 5.69 Å². The molecule has 0 aliphatic carbocycles. The highest BCUT2D eigenvalue weighted by atomic mass is 19.2. The lowest BCUT2D eigenvalue weighted by atomic mass is 10.1. The third-order valence-corrected chi connectivity index (χ3v) is 4.49. The molecule has 4 aromatic rings. The minimum absolute atomic E-state index is 0.485. The first kappa shape index (κ1) is 15.0. The van der Waals surface area contributed by atoms with Crippen molar-refractivity contribution in [2.45, 2.75) is 6.42 Å².